The van der Waals surface area contributed by atoms with E-state index >= 15 is 0 Å². The topological polar surface area (TPSA) is 61.8 Å². The second kappa shape index (κ2) is 3.44. The molecular weight excluding hydrogens is 114 g/mol. The smallest absolute Gasteiger partial charge is 0.101 e. The molecule has 0 fully saturated rings. The van der Waals surface area contributed by atoms with Gasteiger partial charge in [-0.1, -0.05) is 0 Å². The Morgan fingerprint density at radius 1 is 1.67 bits per heavy atom. The van der Waals surface area contributed by atoms with Gasteiger partial charge >= 0.3 is 0 Å². The molecule has 0 aliphatic carbocycles. The first-order chi connectivity index (χ1) is 4.12. The molecule has 52 valence electrons. The third-order valence-corrected chi connectivity index (χ3v) is 0.991. The van der Waals surface area contributed by atoms with Crippen molar-refractivity contribution in [1.29, 1.82) is 5.26 Å². The van der Waals surface area contributed by atoms with Gasteiger partial charge in [-0.25, -0.2) is 0 Å². The summed E-state index contributed by atoms with van der Waals surface area (Å²) < 4.78 is 0. The summed E-state index contributed by atoms with van der Waals surface area (Å²) in [5.74, 6) is 0. The van der Waals surface area contributed by atoms with Crippen molar-refractivity contribution in [2.45, 2.75) is 19.4 Å². The lowest BCUT2D eigenvalue weighted by molar-refractivity contribution is 0.494. The highest BCUT2D eigenvalue weighted by Crippen LogP contribution is 1.96. The van der Waals surface area contributed by atoms with Gasteiger partial charge in [0.15, 0.2) is 0 Å². The molecule has 9 heavy (non-hydrogen) atoms. The number of nitrogens with two attached hydrogens (primary N) is 1. The molecule has 0 spiro atoms. The zero-order valence-corrected chi connectivity index (χ0v) is 5.94. The molecule has 0 aromatic rings. The van der Waals surface area contributed by atoms with E-state index in [4.69, 9.17) is 11.0 Å². The van der Waals surface area contributed by atoms with Crippen molar-refractivity contribution in [1.82, 2.24) is 5.32 Å². The Labute approximate surface area is 55.8 Å². The molecule has 3 heteroatoms. The Balaban J connectivity index is 3.49. The van der Waals surface area contributed by atoms with E-state index < -0.39 is 5.54 Å². The number of nitriles is 1. The van der Waals surface area contributed by atoms with E-state index in [0.29, 0.717) is 13.1 Å². The zero-order valence-electron chi connectivity index (χ0n) is 5.94. The van der Waals surface area contributed by atoms with Crippen LogP contribution in [-0.2, 0) is 0 Å². The Hall–Kier alpha value is -0.590. The van der Waals surface area contributed by atoms with E-state index in [-0.39, 0.29) is 0 Å². The molecule has 0 bridgehead atoms. The van der Waals surface area contributed by atoms with Crippen molar-refractivity contribution in [2.75, 3.05) is 13.1 Å². The largest absolute Gasteiger partial charge is 0.329 e. The van der Waals surface area contributed by atoms with Crippen LogP contribution in [0.15, 0.2) is 0 Å². The van der Waals surface area contributed by atoms with E-state index in [1.165, 1.54) is 0 Å². The molecule has 0 rings (SSSR count). The fourth-order valence-corrected chi connectivity index (χ4v) is 0.424. The monoisotopic (exact) mass is 127 g/mol. The van der Waals surface area contributed by atoms with Crippen LogP contribution >= 0.6 is 0 Å². The molecule has 0 radical (unpaired) electrons. The molecule has 0 saturated heterocycles. The van der Waals surface area contributed by atoms with Crippen molar-refractivity contribution in [2.24, 2.45) is 5.73 Å². The van der Waals surface area contributed by atoms with E-state index in [1.807, 2.05) is 13.8 Å². The first-order valence-corrected chi connectivity index (χ1v) is 2.99. The highest BCUT2D eigenvalue weighted by Gasteiger charge is 2.13. The SMILES string of the molecule is CC(C)(C#N)NCCN. The maximum atomic E-state index is 8.47. The molecule has 0 atom stereocenters. The van der Waals surface area contributed by atoms with Gasteiger partial charge in [0.05, 0.1) is 6.07 Å². The van der Waals surface area contributed by atoms with Crippen LogP contribution in [0, 0.1) is 11.3 Å². The van der Waals surface area contributed by atoms with Gasteiger partial charge in [-0.15, -0.1) is 0 Å². The lowest BCUT2D eigenvalue weighted by atomic mass is 10.1. The van der Waals surface area contributed by atoms with Crippen LogP contribution in [0.5, 0.6) is 0 Å². The zero-order chi connectivity index (χ0) is 7.33. The Morgan fingerprint density at radius 3 is 2.56 bits per heavy atom. The third kappa shape index (κ3) is 3.95. The van der Waals surface area contributed by atoms with Gasteiger partial charge in [0, 0.05) is 13.1 Å². The number of nitrogens with one attached hydrogen (secondary N) is 1. The molecule has 3 nitrogen and oxygen atoms in total. The van der Waals surface area contributed by atoms with Crippen molar-refractivity contribution >= 4 is 0 Å². The van der Waals surface area contributed by atoms with Crippen LogP contribution in [0.3, 0.4) is 0 Å². The first-order valence-electron chi connectivity index (χ1n) is 2.99. The summed E-state index contributed by atoms with van der Waals surface area (Å²) in [6, 6.07) is 2.11. The average Bonchev–Trinajstić information content (AvgIpc) is 1.84. The fraction of sp³-hybridized carbons (Fsp3) is 0.833. The molecule has 0 aromatic carbocycles. The summed E-state index contributed by atoms with van der Waals surface area (Å²) in [5.41, 5.74) is 4.79. The number of hydrogen-bond donors (Lipinski definition) is 2. The van der Waals surface area contributed by atoms with Crippen LogP contribution < -0.4 is 11.1 Å². The minimum atomic E-state index is -0.431. The molecule has 0 saturated carbocycles. The quantitative estimate of drug-likeness (QED) is 0.553. The first kappa shape index (κ1) is 8.41. The lowest BCUT2D eigenvalue weighted by Crippen LogP contribution is -2.40. The third-order valence-electron chi connectivity index (χ3n) is 0.991. The van der Waals surface area contributed by atoms with E-state index in [1.54, 1.807) is 0 Å². The second-order valence-corrected chi connectivity index (χ2v) is 2.45. The van der Waals surface area contributed by atoms with Gasteiger partial charge in [0.2, 0.25) is 0 Å². The standard InChI is InChI=1S/C6H13N3/c1-6(2,5-8)9-4-3-7/h9H,3-4,7H2,1-2H3. The van der Waals surface area contributed by atoms with Gasteiger partial charge in [-0.3, -0.25) is 5.32 Å². The predicted molar refractivity (Wildman–Crippen MR) is 36.7 cm³/mol. The van der Waals surface area contributed by atoms with E-state index in [9.17, 15) is 0 Å². The Morgan fingerprint density at radius 2 is 2.22 bits per heavy atom. The number of nitrogens with zero attached hydrogens (tertiary/aromatic N) is 1. The Kier molecular flexibility index (Phi) is 3.21. The number of rotatable bonds is 3. The number of hydrogen-bond acceptors (Lipinski definition) is 3. The minimum Gasteiger partial charge on any atom is -0.329 e. The van der Waals surface area contributed by atoms with Gasteiger partial charge in [-0.05, 0) is 13.8 Å². The van der Waals surface area contributed by atoms with E-state index in [0.717, 1.165) is 0 Å². The van der Waals surface area contributed by atoms with E-state index in [2.05, 4.69) is 11.4 Å². The van der Waals surface area contributed by atoms with Gasteiger partial charge in [0.25, 0.3) is 0 Å². The van der Waals surface area contributed by atoms with Crippen LogP contribution in [0.4, 0.5) is 0 Å². The summed E-state index contributed by atoms with van der Waals surface area (Å²) in [7, 11) is 0. The summed E-state index contributed by atoms with van der Waals surface area (Å²) in [4.78, 5) is 0. The highest BCUT2D eigenvalue weighted by molar-refractivity contribution is 4.99. The predicted octanol–water partition coefficient (Wildman–Crippen LogP) is -0.163. The van der Waals surface area contributed by atoms with Crippen molar-refractivity contribution in [3.05, 3.63) is 0 Å². The van der Waals surface area contributed by atoms with Gasteiger partial charge in [0.1, 0.15) is 5.54 Å². The van der Waals surface area contributed by atoms with Crippen molar-refractivity contribution < 1.29 is 0 Å². The lowest BCUT2D eigenvalue weighted by Gasteiger charge is -2.15. The molecule has 0 aromatic heterocycles. The molecule has 0 aliphatic heterocycles. The maximum absolute atomic E-state index is 8.47. The summed E-state index contributed by atoms with van der Waals surface area (Å²) in [6.45, 7) is 4.91. The van der Waals surface area contributed by atoms with Crippen LogP contribution in [0.2, 0.25) is 0 Å². The maximum Gasteiger partial charge on any atom is 0.101 e. The normalized spacial score (nSPS) is 10.9. The van der Waals surface area contributed by atoms with Crippen molar-refractivity contribution in [3.8, 4) is 6.07 Å². The fourth-order valence-electron chi connectivity index (χ4n) is 0.424. The summed E-state index contributed by atoms with van der Waals surface area (Å²) >= 11 is 0. The molecule has 0 amide bonds. The molecule has 0 aliphatic rings. The minimum absolute atomic E-state index is 0.431. The van der Waals surface area contributed by atoms with Gasteiger partial charge < -0.3 is 5.73 Å². The van der Waals surface area contributed by atoms with Crippen LogP contribution in [0.1, 0.15) is 13.8 Å². The molecular formula is C6H13N3. The van der Waals surface area contributed by atoms with Gasteiger partial charge in [-0.2, -0.15) is 5.26 Å². The molecule has 0 heterocycles. The van der Waals surface area contributed by atoms with Crippen molar-refractivity contribution in [3.63, 3.8) is 0 Å². The van der Waals surface area contributed by atoms with Crippen LogP contribution in [0.25, 0.3) is 0 Å². The highest BCUT2D eigenvalue weighted by atomic mass is 15.0. The molecule has 3 N–H and O–H groups in total. The molecule has 0 unspecified atom stereocenters. The summed E-state index contributed by atoms with van der Waals surface area (Å²) in [5, 5.41) is 11.4. The van der Waals surface area contributed by atoms with Crippen LogP contribution in [-0.4, -0.2) is 18.6 Å². The average molecular weight is 127 g/mol. The Bertz CT molecular complexity index is 112. The summed E-state index contributed by atoms with van der Waals surface area (Å²) in [6.07, 6.45) is 0. The second-order valence-electron chi connectivity index (χ2n) is 2.45.